The van der Waals surface area contributed by atoms with Gasteiger partial charge in [-0.1, -0.05) is 30.3 Å². The van der Waals surface area contributed by atoms with Crippen LogP contribution in [0.5, 0.6) is 5.75 Å². The Morgan fingerprint density at radius 1 is 1.03 bits per heavy atom. The maximum atomic E-state index is 12.6. The van der Waals surface area contributed by atoms with Crippen molar-refractivity contribution >= 4 is 28.5 Å². The van der Waals surface area contributed by atoms with E-state index in [0.717, 1.165) is 0 Å². The minimum absolute atomic E-state index is 0.00709. The number of ether oxygens (including phenoxy) is 1. The van der Waals surface area contributed by atoms with E-state index in [1.807, 2.05) is 0 Å². The molecule has 0 aliphatic heterocycles. The van der Waals surface area contributed by atoms with Crippen molar-refractivity contribution in [1.82, 2.24) is 20.6 Å². The lowest BCUT2D eigenvalue weighted by atomic mass is 10.1. The molecule has 30 heavy (non-hydrogen) atoms. The van der Waals surface area contributed by atoms with Gasteiger partial charge in [-0.2, -0.15) is 5.10 Å². The predicted octanol–water partition coefficient (Wildman–Crippen LogP) is 0.355. The summed E-state index contributed by atoms with van der Waals surface area (Å²) in [7, 11) is 0. The summed E-state index contributed by atoms with van der Waals surface area (Å²) < 4.78 is 6.47. The number of para-hydroxylation sites is 1. The van der Waals surface area contributed by atoms with Gasteiger partial charge in [0.15, 0.2) is 12.3 Å². The number of rotatable bonds is 6. The van der Waals surface area contributed by atoms with Gasteiger partial charge in [0.25, 0.3) is 23.3 Å². The molecule has 3 rings (SSSR count). The zero-order chi connectivity index (χ0) is 21.7. The van der Waals surface area contributed by atoms with Gasteiger partial charge in [0.1, 0.15) is 5.75 Å². The van der Waals surface area contributed by atoms with Crippen molar-refractivity contribution in [2.24, 2.45) is 5.73 Å². The molecule has 0 bridgehead atoms. The van der Waals surface area contributed by atoms with Gasteiger partial charge in [0.2, 0.25) is 0 Å². The molecule has 0 aliphatic carbocycles. The molecule has 0 atom stereocenters. The topological polar surface area (TPSA) is 145 Å². The molecular weight excluding hydrogens is 390 g/mol. The number of amides is 3. The molecular formula is C20H19N5O5. The Morgan fingerprint density at radius 2 is 1.70 bits per heavy atom. The molecule has 154 valence electrons. The van der Waals surface area contributed by atoms with E-state index < -0.39 is 24.3 Å². The Labute approximate surface area is 170 Å². The van der Waals surface area contributed by atoms with Crippen molar-refractivity contribution in [3.05, 3.63) is 70.1 Å². The quantitative estimate of drug-likeness (QED) is 0.501. The maximum Gasteiger partial charge on any atom is 0.290 e. The molecule has 10 heteroatoms. The van der Waals surface area contributed by atoms with Crippen LogP contribution in [0.25, 0.3) is 10.8 Å². The van der Waals surface area contributed by atoms with Crippen molar-refractivity contribution in [3.8, 4) is 5.75 Å². The van der Waals surface area contributed by atoms with Gasteiger partial charge in [-0.15, -0.1) is 0 Å². The molecule has 10 nitrogen and oxygen atoms in total. The van der Waals surface area contributed by atoms with E-state index in [0.29, 0.717) is 10.8 Å². The summed E-state index contributed by atoms with van der Waals surface area (Å²) in [6.07, 6.45) is 0. The molecule has 0 spiro atoms. The van der Waals surface area contributed by atoms with Gasteiger partial charge in [0, 0.05) is 11.9 Å². The van der Waals surface area contributed by atoms with Crippen LogP contribution in [-0.2, 0) is 11.3 Å². The molecule has 0 saturated carbocycles. The number of hydrazine groups is 1. The number of nitrogens with two attached hydrogens (primary N) is 1. The molecule has 0 unspecified atom stereocenters. The second kappa shape index (κ2) is 8.86. The fourth-order valence-corrected chi connectivity index (χ4v) is 2.78. The highest BCUT2D eigenvalue weighted by molar-refractivity contribution is 6.05. The van der Waals surface area contributed by atoms with Crippen LogP contribution in [0, 0.1) is 0 Å². The van der Waals surface area contributed by atoms with E-state index in [2.05, 4.69) is 16.0 Å². The number of nitrogens with one attached hydrogen (secondary N) is 2. The van der Waals surface area contributed by atoms with Gasteiger partial charge in [-0.3, -0.25) is 30.0 Å². The van der Waals surface area contributed by atoms with E-state index >= 15 is 0 Å². The summed E-state index contributed by atoms with van der Waals surface area (Å²) in [5.74, 6) is -1.91. The molecule has 3 amide bonds. The number of primary amides is 1. The molecule has 0 saturated heterocycles. The van der Waals surface area contributed by atoms with Crippen molar-refractivity contribution in [2.45, 2.75) is 13.5 Å². The molecule has 0 aliphatic rings. The monoisotopic (exact) mass is 409 g/mol. The lowest BCUT2D eigenvalue weighted by molar-refractivity contribution is -0.123. The predicted molar refractivity (Wildman–Crippen MR) is 108 cm³/mol. The third-order valence-electron chi connectivity index (χ3n) is 4.21. The summed E-state index contributed by atoms with van der Waals surface area (Å²) in [4.78, 5) is 48.3. The molecule has 2 aromatic carbocycles. The second-order valence-corrected chi connectivity index (χ2v) is 6.17. The number of carbonyl (C=O) groups is 3. The van der Waals surface area contributed by atoms with Crippen LogP contribution >= 0.6 is 0 Å². The van der Waals surface area contributed by atoms with Gasteiger partial charge in [0.05, 0.1) is 10.9 Å². The summed E-state index contributed by atoms with van der Waals surface area (Å²) >= 11 is 0. The largest absolute Gasteiger partial charge is 0.483 e. The number of hydrogen-bond donors (Lipinski definition) is 3. The molecule has 1 heterocycles. The summed E-state index contributed by atoms with van der Waals surface area (Å²) in [5, 5.41) is 4.79. The highest BCUT2D eigenvalue weighted by atomic mass is 16.5. The van der Waals surface area contributed by atoms with Gasteiger partial charge in [-0.25, -0.2) is 4.68 Å². The van der Waals surface area contributed by atoms with Crippen LogP contribution in [-0.4, -0.2) is 34.1 Å². The minimum atomic E-state index is -0.695. The van der Waals surface area contributed by atoms with Crippen molar-refractivity contribution in [3.63, 3.8) is 0 Å². The summed E-state index contributed by atoms with van der Waals surface area (Å²) in [5.41, 5.74) is 9.53. The second-order valence-electron chi connectivity index (χ2n) is 6.17. The van der Waals surface area contributed by atoms with Gasteiger partial charge in [-0.05, 0) is 25.1 Å². The number of nitrogens with zero attached hydrogens (tertiary/aromatic N) is 2. The smallest absolute Gasteiger partial charge is 0.290 e. The Balaban J connectivity index is 1.69. The van der Waals surface area contributed by atoms with Crippen LogP contribution in [0.15, 0.2) is 53.3 Å². The highest BCUT2D eigenvalue weighted by Gasteiger charge is 2.17. The number of aromatic nitrogens is 2. The first-order valence-corrected chi connectivity index (χ1v) is 9.03. The van der Waals surface area contributed by atoms with E-state index in [1.54, 1.807) is 43.3 Å². The first-order valence-electron chi connectivity index (χ1n) is 9.03. The SMILES string of the molecule is CCn1nc(C(=O)NNC(=O)COc2ccccc2C(N)=O)c2ccccc2c1=O. The Bertz CT molecular complexity index is 1190. The zero-order valence-corrected chi connectivity index (χ0v) is 16.0. The van der Waals surface area contributed by atoms with Crippen LogP contribution in [0.2, 0.25) is 0 Å². The highest BCUT2D eigenvalue weighted by Crippen LogP contribution is 2.17. The van der Waals surface area contributed by atoms with Crippen molar-refractivity contribution in [2.75, 3.05) is 6.61 Å². The van der Waals surface area contributed by atoms with E-state index in [4.69, 9.17) is 10.5 Å². The average molecular weight is 409 g/mol. The van der Waals surface area contributed by atoms with Gasteiger partial charge >= 0.3 is 0 Å². The van der Waals surface area contributed by atoms with E-state index in [9.17, 15) is 19.2 Å². The summed E-state index contributed by atoms with van der Waals surface area (Å²) in [6, 6.07) is 12.8. The number of benzene rings is 2. The van der Waals surface area contributed by atoms with Crippen LogP contribution < -0.4 is 26.9 Å². The fraction of sp³-hybridized carbons (Fsp3) is 0.150. The lowest BCUT2D eigenvalue weighted by Gasteiger charge is -2.12. The zero-order valence-electron chi connectivity index (χ0n) is 16.0. The first-order chi connectivity index (χ1) is 14.4. The molecule has 0 fully saturated rings. The Hall–Kier alpha value is -4.21. The normalized spacial score (nSPS) is 10.4. The van der Waals surface area contributed by atoms with Crippen molar-refractivity contribution in [1.29, 1.82) is 0 Å². The standard InChI is InChI=1S/C20H19N5O5/c1-2-25-20(29)13-8-4-3-7-12(13)17(24-25)19(28)23-22-16(26)11-30-15-10-6-5-9-14(15)18(21)27/h3-10H,2,11H2,1H3,(H2,21,27)(H,22,26)(H,23,28). The van der Waals surface area contributed by atoms with E-state index in [1.165, 1.54) is 16.8 Å². The number of aryl methyl sites for hydroxylation is 1. The van der Waals surface area contributed by atoms with Crippen LogP contribution in [0.3, 0.4) is 0 Å². The van der Waals surface area contributed by atoms with Crippen LogP contribution in [0.4, 0.5) is 0 Å². The number of hydrogen-bond acceptors (Lipinski definition) is 6. The average Bonchev–Trinajstić information content (AvgIpc) is 2.76. The van der Waals surface area contributed by atoms with Crippen molar-refractivity contribution < 1.29 is 19.1 Å². The molecule has 0 radical (unpaired) electrons. The first kappa shape index (κ1) is 20.5. The van der Waals surface area contributed by atoms with Gasteiger partial charge < -0.3 is 10.5 Å². The minimum Gasteiger partial charge on any atom is -0.483 e. The fourth-order valence-electron chi connectivity index (χ4n) is 2.78. The third kappa shape index (κ3) is 4.27. The molecule has 4 N–H and O–H groups in total. The molecule has 1 aromatic heterocycles. The van der Waals surface area contributed by atoms with E-state index in [-0.39, 0.29) is 29.1 Å². The third-order valence-corrected chi connectivity index (χ3v) is 4.21. The maximum absolute atomic E-state index is 12.6. The number of fused-ring (bicyclic) bond motifs is 1. The summed E-state index contributed by atoms with van der Waals surface area (Å²) in [6.45, 7) is 1.55. The van der Waals surface area contributed by atoms with Crippen LogP contribution in [0.1, 0.15) is 27.8 Å². The molecule has 3 aromatic rings. The Kier molecular flexibility index (Phi) is 6.06. The Morgan fingerprint density at radius 3 is 2.40 bits per heavy atom. The lowest BCUT2D eigenvalue weighted by Crippen LogP contribution is -2.44. The number of carbonyl (C=O) groups excluding carboxylic acids is 3.